The molecule has 3 atom stereocenters. The zero-order valence-corrected chi connectivity index (χ0v) is 7.32. The Morgan fingerprint density at radius 1 is 1.67 bits per heavy atom. The molecule has 70 valence electrons. The van der Waals surface area contributed by atoms with Crippen LogP contribution >= 0.6 is 0 Å². The number of carbonyl (C=O) groups excluding carboxylic acids is 1. The molecule has 1 aliphatic rings. The Morgan fingerprint density at radius 3 is 2.75 bits per heavy atom. The minimum atomic E-state index is -0.356. The molecule has 0 radical (unpaired) electrons. The smallest absolute Gasteiger partial charge is 0.219 e. The number of hydrogen-bond donors (Lipinski definition) is 2. The van der Waals surface area contributed by atoms with Crippen molar-refractivity contribution < 1.29 is 9.53 Å². The van der Waals surface area contributed by atoms with Crippen molar-refractivity contribution in [1.29, 1.82) is 0 Å². The maximum absolute atomic E-state index is 10.5. The first-order valence-electron chi connectivity index (χ1n) is 4.29. The van der Waals surface area contributed by atoms with Crippen LogP contribution < -0.4 is 11.5 Å². The lowest BCUT2D eigenvalue weighted by Crippen LogP contribution is -2.38. The van der Waals surface area contributed by atoms with E-state index in [0.717, 1.165) is 12.8 Å². The summed E-state index contributed by atoms with van der Waals surface area (Å²) in [6.45, 7) is 2.01. The van der Waals surface area contributed by atoms with Crippen LogP contribution in [0.1, 0.15) is 26.2 Å². The summed E-state index contributed by atoms with van der Waals surface area (Å²) >= 11 is 0. The van der Waals surface area contributed by atoms with Crippen molar-refractivity contribution in [3.8, 4) is 0 Å². The van der Waals surface area contributed by atoms with Gasteiger partial charge in [0.2, 0.25) is 5.91 Å². The van der Waals surface area contributed by atoms with Crippen molar-refractivity contribution in [1.82, 2.24) is 0 Å². The number of rotatable bonds is 3. The fraction of sp³-hybridized carbons (Fsp3) is 0.875. The molecule has 0 aromatic heterocycles. The van der Waals surface area contributed by atoms with E-state index >= 15 is 0 Å². The summed E-state index contributed by atoms with van der Waals surface area (Å²) in [7, 11) is 0. The molecule has 0 aromatic carbocycles. The average Bonchev–Trinajstić information content (AvgIpc) is 2.34. The fourth-order valence-electron chi connectivity index (χ4n) is 1.51. The molecule has 0 spiro atoms. The second-order valence-electron chi connectivity index (χ2n) is 3.40. The van der Waals surface area contributed by atoms with E-state index < -0.39 is 0 Å². The number of primary amides is 1. The normalized spacial score (nSPS) is 31.8. The Morgan fingerprint density at radius 2 is 2.33 bits per heavy atom. The molecule has 2 unspecified atom stereocenters. The third-order valence-corrected chi connectivity index (χ3v) is 2.18. The third kappa shape index (κ3) is 2.46. The number of ether oxygens (including phenoxy) is 1. The summed E-state index contributed by atoms with van der Waals surface area (Å²) < 4.78 is 5.49. The highest BCUT2D eigenvalue weighted by Gasteiger charge is 2.27. The highest BCUT2D eigenvalue weighted by molar-refractivity contribution is 5.74. The molecule has 1 rings (SSSR count). The first-order valence-corrected chi connectivity index (χ1v) is 4.29. The number of amides is 1. The van der Waals surface area contributed by atoms with E-state index in [4.69, 9.17) is 16.2 Å². The van der Waals surface area contributed by atoms with Crippen LogP contribution in [0.25, 0.3) is 0 Å². The van der Waals surface area contributed by atoms with Gasteiger partial charge in [-0.3, -0.25) is 4.79 Å². The standard InChI is InChI=1S/C8H16N2O2/c1-5-2-3-7(12-5)6(9)4-8(10)11/h5-7H,2-4,9H2,1H3,(H2,10,11)/t5?,6-,7?/m0/s1. The summed E-state index contributed by atoms with van der Waals surface area (Å²) in [5, 5.41) is 0. The quantitative estimate of drug-likeness (QED) is 0.616. The van der Waals surface area contributed by atoms with Gasteiger partial charge in [-0.25, -0.2) is 0 Å². The molecule has 12 heavy (non-hydrogen) atoms. The van der Waals surface area contributed by atoms with Gasteiger partial charge in [0, 0.05) is 12.5 Å². The van der Waals surface area contributed by atoms with Crippen LogP contribution in [0, 0.1) is 0 Å². The minimum absolute atomic E-state index is 0.0208. The first-order chi connectivity index (χ1) is 5.59. The van der Waals surface area contributed by atoms with Crippen LogP contribution in [0.4, 0.5) is 0 Å². The second kappa shape index (κ2) is 3.87. The van der Waals surface area contributed by atoms with E-state index in [1.165, 1.54) is 0 Å². The van der Waals surface area contributed by atoms with Crippen LogP contribution in [0.5, 0.6) is 0 Å². The molecule has 1 amide bonds. The zero-order chi connectivity index (χ0) is 9.14. The highest BCUT2D eigenvalue weighted by atomic mass is 16.5. The van der Waals surface area contributed by atoms with Gasteiger partial charge in [-0.2, -0.15) is 0 Å². The van der Waals surface area contributed by atoms with Crippen LogP contribution in [0.3, 0.4) is 0 Å². The third-order valence-electron chi connectivity index (χ3n) is 2.18. The largest absolute Gasteiger partial charge is 0.374 e. The van der Waals surface area contributed by atoms with Crippen molar-refractivity contribution in [3.05, 3.63) is 0 Å². The summed E-state index contributed by atoms with van der Waals surface area (Å²) in [4.78, 5) is 10.5. The number of nitrogens with two attached hydrogens (primary N) is 2. The Balaban J connectivity index is 2.32. The van der Waals surface area contributed by atoms with Gasteiger partial charge in [-0.1, -0.05) is 0 Å². The lowest BCUT2D eigenvalue weighted by Gasteiger charge is -2.17. The van der Waals surface area contributed by atoms with E-state index in [2.05, 4.69) is 0 Å². The zero-order valence-electron chi connectivity index (χ0n) is 7.32. The number of carbonyl (C=O) groups is 1. The summed E-state index contributed by atoms with van der Waals surface area (Å²) in [5.41, 5.74) is 10.7. The minimum Gasteiger partial charge on any atom is -0.374 e. The van der Waals surface area contributed by atoms with Gasteiger partial charge in [0.1, 0.15) is 0 Å². The van der Waals surface area contributed by atoms with Gasteiger partial charge in [0.15, 0.2) is 0 Å². The Kier molecular flexibility index (Phi) is 3.05. The van der Waals surface area contributed by atoms with Crippen molar-refractivity contribution in [2.45, 2.75) is 44.4 Å². The number of hydrogen-bond acceptors (Lipinski definition) is 3. The molecular formula is C8H16N2O2. The molecule has 0 saturated carbocycles. The molecule has 4 N–H and O–H groups in total. The highest BCUT2D eigenvalue weighted by Crippen LogP contribution is 2.21. The molecule has 1 fully saturated rings. The molecule has 1 aliphatic heterocycles. The van der Waals surface area contributed by atoms with Gasteiger partial charge in [-0.15, -0.1) is 0 Å². The van der Waals surface area contributed by atoms with Crippen molar-refractivity contribution in [2.24, 2.45) is 11.5 Å². The molecule has 0 aliphatic carbocycles. The van der Waals surface area contributed by atoms with Gasteiger partial charge >= 0.3 is 0 Å². The van der Waals surface area contributed by atoms with Gasteiger partial charge in [-0.05, 0) is 19.8 Å². The van der Waals surface area contributed by atoms with Crippen molar-refractivity contribution in [2.75, 3.05) is 0 Å². The molecular weight excluding hydrogens is 156 g/mol. The SMILES string of the molecule is CC1CCC([C@@H](N)CC(N)=O)O1. The molecule has 4 heteroatoms. The maximum Gasteiger partial charge on any atom is 0.219 e. The van der Waals surface area contributed by atoms with Gasteiger partial charge in [0.05, 0.1) is 12.2 Å². The summed E-state index contributed by atoms with van der Waals surface area (Å²) in [5.74, 6) is -0.356. The van der Waals surface area contributed by atoms with E-state index in [1.54, 1.807) is 0 Å². The Hall–Kier alpha value is -0.610. The first kappa shape index (κ1) is 9.48. The van der Waals surface area contributed by atoms with Crippen LogP contribution in [0.2, 0.25) is 0 Å². The maximum atomic E-state index is 10.5. The monoisotopic (exact) mass is 172 g/mol. The van der Waals surface area contributed by atoms with Gasteiger partial charge in [0.25, 0.3) is 0 Å². The van der Waals surface area contributed by atoms with E-state index in [9.17, 15) is 4.79 Å². The van der Waals surface area contributed by atoms with Crippen molar-refractivity contribution in [3.63, 3.8) is 0 Å². The van der Waals surface area contributed by atoms with Crippen LogP contribution in [-0.4, -0.2) is 24.2 Å². The Labute approximate surface area is 72.2 Å². The molecule has 1 saturated heterocycles. The predicted octanol–water partition coefficient (Wildman–Crippen LogP) is -0.243. The topological polar surface area (TPSA) is 78.3 Å². The van der Waals surface area contributed by atoms with Crippen molar-refractivity contribution >= 4 is 5.91 Å². The molecule has 0 bridgehead atoms. The van der Waals surface area contributed by atoms with E-state index in [0.29, 0.717) is 0 Å². The fourth-order valence-corrected chi connectivity index (χ4v) is 1.51. The molecule has 0 aromatic rings. The second-order valence-corrected chi connectivity index (χ2v) is 3.40. The predicted molar refractivity (Wildman–Crippen MR) is 45.4 cm³/mol. The Bertz CT molecular complexity index is 172. The lowest BCUT2D eigenvalue weighted by molar-refractivity contribution is -0.119. The van der Waals surface area contributed by atoms with Crippen LogP contribution in [-0.2, 0) is 9.53 Å². The van der Waals surface area contributed by atoms with Gasteiger partial charge < -0.3 is 16.2 Å². The van der Waals surface area contributed by atoms with E-state index in [1.807, 2.05) is 6.92 Å². The lowest BCUT2D eigenvalue weighted by atomic mass is 10.1. The molecule has 4 nitrogen and oxygen atoms in total. The summed E-state index contributed by atoms with van der Waals surface area (Å²) in [6.07, 6.45) is 2.48. The van der Waals surface area contributed by atoms with Crippen LogP contribution in [0.15, 0.2) is 0 Å². The molecule has 1 heterocycles. The average molecular weight is 172 g/mol. The van der Waals surface area contributed by atoms with E-state index in [-0.39, 0.29) is 30.6 Å². The summed E-state index contributed by atoms with van der Waals surface area (Å²) in [6, 6.07) is -0.229.